The summed E-state index contributed by atoms with van der Waals surface area (Å²) in [7, 11) is 0. The first-order valence-corrected chi connectivity index (χ1v) is 9.35. The molecule has 132 valence electrons. The lowest BCUT2D eigenvalue weighted by Gasteiger charge is -2.38. The summed E-state index contributed by atoms with van der Waals surface area (Å²) in [6, 6.07) is 7.24. The molecule has 0 atom stereocenters. The first kappa shape index (κ1) is 18.8. The lowest BCUT2D eigenvalue weighted by atomic mass is 9.66. The second kappa shape index (κ2) is 9.05. The monoisotopic (exact) mass is 330 g/mol. The molecule has 1 nitrogen and oxygen atoms in total. The molecule has 0 spiro atoms. The van der Waals surface area contributed by atoms with Gasteiger partial charge in [-0.3, -0.25) is 0 Å². The van der Waals surface area contributed by atoms with Crippen LogP contribution in [0.4, 0.5) is 4.39 Å². The zero-order valence-corrected chi connectivity index (χ0v) is 15.4. The summed E-state index contributed by atoms with van der Waals surface area (Å²) in [5, 5.41) is 0. The van der Waals surface area contributed by atoms with Gasteiger partial charge in [0.25, 0.3) is 0 Å². The van der Waals surface area contributed by atoms with E-state index in [1.807, 2.05) is 13.0 Å². The minimum Gasteiger partial charge on any atom is -0.498 e. The fraction of sp³-hybridized carbons (Fsp3) is 0.545. The summed E-state index contributed by atoms with van der Waals surface area (Å²) in [6.07, 6.45) is 12.3. The lowest BCUT2D eigenvalue weighted by Crippen LogP contribution is -2.29. The molecule has 0 unspecified atom stereocenters. The van der Waals surface area contributed by atoms with Gasteiger partial charge in [-0.15, -0.1) is 0 Å². The van der Waals surface area contributed by atoms with Crippen LogP contribution in [0.25, 0.3) is 0 Å². The highest BCUT2D eigenvalue weighted by Crippen LogP contribution is 2.44. The minimum atomic E-state index is -0.122. The van der Waals surface area contributed by atoms with Gasteiger partial charge in [0.15, 0.2) is 0 Å². The molecule has 0 radical (unpaired) electrons. The predicted molar refractivity (Wildman–Crippen MR) is 99.5 cm³/mol. The Hall–Kier alpha value is -1.57. The van der Waals surface area contributed by atoms with Gasteiger partial charge in [0, 0.05) is 6.42 Å². The van der Waals surface area contributed by atoms with Crippen LogP contribution in [0.5, 0.6) is 0 Å². The molecule has 0 amide bonds. The predicted octanol–water partition coefficient (Wildman–Crippen LogP) is 6.69. The number of ether oxygens (including phenoxy) is 1. The van der Waals surface area contributed by atoms with Gasteiger partial charge in [0.1, 0.15) is 5.82 Å². The number of benzene rings is 1. The minimum absolute atomic E-state index is 0.0900. The highest BCUT2D eigenvalue weighted by Gasteiger charge is 2.34. The van der Waals surface area contributed by atoms with Gasteiger partial charge in [-0.25, -0.2) is 4.39 Å². The summed E-state index contributed by atoms with van der Waals surface area (Å²) in [5.74, 6) is 0.906. The average Bonchev–Trinajstić information content (AvgIpc) is 2.59. The molecule has 1 fully saturated rings. The summed E-state index contributed by atoms with van der Waals surface area (Å²) in [6.45, 7) is 7.02. The molecular weight excluding hydrogens is 299 g/mol. The highest BCUT2D eigenvalue weighted by atomic mass is 19.1. The van der Waals surface area contributed by atoms with Crippen molar-refractivity contribution >= 4 is 0 Å². The summed E-state index contributed by atoms with van der Waals surface area (Å²) < 4.78 is 19.4. The van der Waals surface area contributed by atoms with Crippen LogP contribution >= 0.6 is 0 Å². The Morgan fingerprint density at radius 2 is 1.92 bits per heavy atom. The van der Waals surface area contributed by atoms with Crippen LogP contribution in [-0.2, 0) is 10.2 Å². The standard InChI is InChI=1S/C22H31FO/c1-4-21(24-5-2)13-12-18(3)17-22(14-7-6-8-15-22)19-10-9-11-20(23)16-19/h9-13,16H,4-8,14-15,17H2,1-3H3/b18-12+,21-13+. The van der Waals surface area contributed by atoms with Crippen molar-refractivity contribution < 1.29 is 9.13 Å². The van der Waals surface area contributed by atoms with Crippen molar-refractivity contribution in [1.29, 1.82) is 0 Å². The molecule has 0 heterocycles. The molecule has 0 aliphatic heterocycles. The molecule has 24 heavy (non-hydrogen) atoms. The van der Waals surface area contributed by atoms with Gasteiger partial charge in [-0.05, 0) is 62.3 Å². The molecule has 1 aromatic carbocycles. The Balaban J connectivity index is 2.23. The zero-order chi connectivity index (χ0) is 17.4. The van der Waals surface area contributed by atoms with Gasteiger partial charge in [-0.1, -0.05) is 50.0 Å². The molecule has 2 rings (SSSR count). The third-order valence-electron chi connectivity index (χ3n) is 5.10. The van der Waals surface area contributed by atoms with E-state index in [0.717, 1.165) is 31.4 Å². The van der Waals surface area contributed by atoms with Crippen LogP contribution < -0.4 is 0 Å². The third kappa shape index (κ3) is 4.96. The van der Waals surface area contributed by atoms with E-state index in [1.54, 1.807) is 12.1 Å². The molecular formula is C22H31FO. The summed E-state index contributed by atoms with van der Waals surface area (Å²) in [4.78, 5) is 0. The van der Waals surface area contributed by atoms with E-state index in [9.17, 15) is 4.39 Å². The summed E-state index contributed by atoms with van der Waals surface area (Å²) in [5.41, 5.74) is 2.60. The number of rotatable bonds is 7. The number of hydrogen-bond acceptors (Lipinski definition) is 1. The van der Waals surface area contributed by atoms with Crippen LogP contribution in [0.1, 0.15) is 71.3 Å². The van der Waals surface area contributed by atoms with Gasteiger partial charge in [0.05, 0.1) is 12.4 Å². The summed E-state index contributed by atoms with van der Waals surface area (Å²) >= 11 is 0. The molecule has 1 aliphatic carbocycles. The molecule has 1 aliphatic rings. The van der Waals surface area contributed by atoms with E-state index in [1.165, 1.54) is 30.4 Å². The second-order valence-electron chi connectivity index (χ2n) is 6.96. The van der Waals surface area contributed by atoms with E-state index >= 15 is 0 Å². The fourth-order valence-corrected chi connectivity index (χ4v) is 3.90. The average molecular weight is 330 g/mol. The maximum absolute atomic E-state index is 13.8. The molecule has 1 aromatic rings. The van der Waals surface area contributed by atoms with E-state index in [-0.39, 0.29) is 11.2 Å². The van der Waals surface area contributed by atoms with Gasteiger partial charge >= 0.3 is 0 Å². The largest absolute Gasteiger partial charge is 0.498 e. The number of halogens is 1. The zero-order valence-electron chi connectivity index (χ0n) is 15.4. The maximum Gasteiger partial charge on any atom is 0.123 e. The smallest absolute Gasteiger partial charge is 0.123 e. The normalized spacial score (nSPS) is 18.5. The number of allylic oxidation sites excluding steroid dienone is 4. The number of hydrogen-bond donors (Lipinski definition) is 0. The van der Waals surface area contributed by atoms with Crippen molar-refractivity contribution in [2.75, 3.05) is 6.61 Å². The van der Waals surface area contributed by atoms with Crippen molar-refractivity contribution in [1.82, 2.24) is 0 Å². The topological polar surface area (TPSA) is 9.23 Å². The first-order chi connectivity index (χ1) is 11.6. The molecule has 0 bridgehead atoms. The van der Waals surface area contributed by atoms with Crippen molar-refractivity contribution in [3.63, 3.8) is 0 Å². The van der Waals surface area contributed by atoms with Crippen LogP contribution in [0, 0.1) is 5.82 Å². The van der Waals surface area contributed by atoms with Crippen molar-refractivity contribution in [2.24, 2.45) is 0 Å². The Labute approximate surface area is 146 Å². The van der Waals surface area contributed by atoms with Crippen molar-refractivity contribution in [3.8, 4) is 0 Å². The van der Waals surface area contributed by atoms with Crippen LogP contribution in [0.2, 0.25) is 0 Å². The Morgan fingerprint density at radius 3 is 2.54 bits per heavy atom. The van der Waals surface area contributed by atoms with E-state index < -0.39 is 0 Å². The Bertz CT molecular complexity index is 579. The molecule has 0 aromatic heterocycles. The molecule has 1 saturated carbocycles. The lowest BCUT2D eigenvalue weighted by molar-refractivity contribution is 0.221. The third-order valence-corrected chi connectivity index (χ3v) is 5.10. The van der Waals surface area contributed by atoms with Crippen molar-refractivity contribution in [2.45, 2.75) is 71.1 Å². The highest BCUT2D eigenvalue weighted by molar-refractivity contribution is 5.30. The molecule has 2 heteroatoms. The first-order valence-electron chi connectivity index (χ1n) is 9.35. The van der Waals surface area contributed by atoms with Crippen LogP contribution in [0.15, 0.2) is 47.7 Å². The van der Waals surface area contributed by atoms with E-state index in [4.69, 9.17) is 4.74 Å². The van der Waals surface area contributed by atoms with E-state index in [0.29, 0.717) is 6.61 Å². The SMILES string of the molecule is CCO/C(=C/C=C(\C)CC1(c2cccc(F)c2)CCCCC1)CC. The van der Waals surface area contributed by atoms with Crippen LogP contribution in [-0.4, -0.2) is 6.61 Å². The second-order valence-corrected chi connectivity index (χ2v) is 6.96. The van der Waals surface area contributed by atoms with E-state index in [2.05, 4.69) is 32.1 Å². The Kier molecular flexibility index (Phi) is 7.08. The van der Waals surface area contributed by atoms with Gasteiger partial charge < -0.3 is 4.74 Å². The van der Waals surface area contributed by atoms with Gasteiger partial charge in [-0.2, -0.15) is 0 Å². The quantitative estimate of drug-likeness (QED) is 0.399. The molecule has 0 N–H and O–H groups in total. The van der Waals surface area contributed by atoms with Gasteiger partial charge in [0.2, 0.25) is 0 Å². The van der Waals surface area contributed by atoms with Crippen LogP contribution in [0.3, 0.4) is 0 Å². The Morgan fingerprint density at radius 1 is 1.17 bits per heavy atom. The fourth-order valence-electron chi connectivity index (χ4n) is 3.90. The maximum atomic E-state index is 13.8. The van der Waals surface area contributed by atoms with Crippen molar-refractivity contribution in [3.05, 3.63) is 59.1 Å². The molecule has 0 saturated heterocycles.